The molecular weight excluding hydrogens is 360 g/mol. The highest BCUT2D eigenvalue weighted by molar-refractivity contribution is 6.33. The van der Waals surface area contributed by atoms with E-state index in [9.17, 15) is 9.90 Å². The summed E-state index contributed by atoms with van der Waals surface area (Å²) >= 11 is 6.30. The fourth-order valence-electron chi connectivity index (χ4n) is 4.21. The standard InChI is InChI=1S/C22H25ClN2O2/c23-19-5-1-2-7-21(19)25-12-10-16(11-13-25)22(27)24-20-6-3-4-15-8-9-17(26)14-18(15)20/h1-7,16-17,26H,8-14H2,(H,24,27). The van der Waals surface area contributed by atoms with E-state index in [1.807, 2.05) is 36.4 Å². The van der Waals surface area contributed by atoms with Crippen molar-refractivity contribution in [1.82, 2.24) is 0 Å². The number of carbonyl (C=O) groups excluding carboxylic acids is 1. The Bertz CT molecular complexity index is 831. The number of aliphatic hydroxyl groups excluding tert-OH is 1. The van der Waals surface area contributed by atoms with Crippen molar-refractivity contribution in [1.29, 1.82) is 0 Å². The lowest BCUT2D eigenvalue weighted by molar-refractivity contribution is -0.120. The zero-order chi connectivity index (χ0) is 18.8. The van der Waals surface area contributed by atoms with E-state index in [1.165, 1.54) is 5.56 Å². The highest BCUT2D eigenvalue weighted by Crippen LogP contribution is 2.31. The van der Waals surface area contributed by atoms with Crippen LogP contribution < -0.4 is 10.2 Å². The summed E-state index contributed by atoms with van der Waals surface area (Å²) in [6.45, 7) is 1.65. The Labute approximate surface area is 165 Å². The molecule has 4 nitrogen and oxygen atoms in total. The van der Waals surface area contributed by atoms with E-state index in [1.54, 1.807) is 0 Å². The zero-order valence-electron chi connectivity index (χ0n) is 15.3. The van der Waals surface area contributed by atoms with E-state index in [-0.39, 0.29) is 17.9 Å². The molecule has 1 amide bonds. The molecule has 1 fully saturated rings. The van der Waals surface area contributed by atoms with Gasteiger partial charge in [0.2, 0.25) is 5.91 Å². The van der Waals surface area contributed by atoms with Gasteiger partial charge in [-0.3, -0.25) is 4.79 Å². The maximum absolute atomic E-state index is 12.8. The number of benzene rings is 2. The number of aryl methyl sites for hydroxylation is 1. The van der Waals surface area contributed by atoms with E-state index < -0.39 is 0 Å². The Morgan fingerprint density at radius 2 is 1.85 bits per heavy atom. The first-order chi connectivity index (χ1) is 13.1. The van der Waals surface area contributed by atoms with E-state index in [0.29, 0.717) is 6.42 Å². The quantitative estimate of drug-likeness (QED) is 0.839. The lowest BCUT2D eigenvalue weighted by Gasteiger charge is -2.33. The molecule has 1 atom stereocenters. The number of nitrogens with one attached hydrogen (secondary N) is 1. The van der Waals surface area contributed by atoms with Crippen molar-refractivity contribution in [3.8, 4) is 0 Å². The van der Waals surface area contributed by atoms with Crippen LogP contribution in [0.15, 0.2) is 42.5 Å². The summed E-state index contributed by atoms with van der Waals surface area (Å²) in [5, 5.41) is 13.9. The van der Waals surface area contributed by atoms with Crippen LogP contribution in [0.4, 0.5) is 11.4 Å². The first-order valence-corrected chi connectivity index (χ1v) is 10.1. The number of aliphatic hydroxyl groups is 1. The molecule has 0 saturated carbocycles. The fourth-order valence-corrected chi connectivity index (χ4v) is 4.47. The van der Waals surface area contributed by atoms with Crippen LogP contribution in [0.5, 0.6) is 0 Å². The third-order valence-corrected chi connectivity index (χ3v) is 6.10. The lowest BCUT2D eigenvalue weighted by atomic mass is 9.88. The van der Waals surface area contributed by atoms with Crippen LogP contribution in [-0.2, 0) is 17.6 Å². The average molecular weight is 385 g/mol. The van der Waals surface area contributed by atoms with E-state index >= 15 is 0 Å². The summed E-state index contributed by atoms with van der Waals surface area (Å²) in [6.07, 6.45) is 3.61. The van der Waals surface area contributed by atoms with Crippen LogP contribution in [0.2, 0.25) is 5.02 Å². The van der Waals surface area contributed by atoms with E-state index in [4.69, 9.17) is 11.6 Å². The summed E-state index contributed by atoms with van der Waals surface area (Å²) in [6, 6.07) is 13.9. The monoisotopic (exact) mass is 384 g/mol. The SMILES string of the molecule is O=C(Nc1cccc2c1CC(O)CC2)C1CCN(c2ccccc2Cl)CC1. The van der Waals surface area contributed by atoms with Gasteiger partial charge >= 0.3 is 0 Å². The molecule has 1 heterocycles. The molecular formula is C22H25ClN2O2. The second kappa shape index (κ2) is 7.91. The van der Waals surface area contributed by atoms with Gasteiger partial charge in [-0.15, -0.1) is 0 Å². The number of rotatable bonds is 3. The molecule has 2 aromatic carbocycles. The van der Waals surface area contributed by atoms with Crippen molar-refractivity contribution in [2.45, 2.75) is 38.2 Å². The van der Waals surface area contributed by atoms with Crippen LogP contribution >= 0.6 is 11.6 Å². The molecule has 1 aliphatic heterocycles. The van der Waals surface area contributed by atoms with Crippen LogP contribution in [0, 0.1) is 5.92 Å². The maximum atomic E-state index is 12.8. The van der Waals surface area contributed by atoms with Gasteiger partial charge in [-0.2, -0.15) is 0 Å². The molecule has 0 spiro atoms. The highest BCUT2D eigenvalue weighted by atomic mass is 35.5. The molecule has 142 valence electrons. The van der Waals surface area contributed by atoms with Crippen molar-refractivity contribution in [3.63, 3.8) is 0 Å². The third-order valence-electron chi connectivity index (χ3n) is 5.78. The number of nitrogens with zero attached hydrogens (tertiary/aromatic N) is 1. The Kier molecular flexibility index (Phi) is 5.37. The number of amides is 1. The average Bonchev–Trinajstić information content (AvgIpc) is 2.69. The first kappa shape index (κ1) is 18.3. The number of piperidine rings is 1. The number of fused-ring (bicyclic) bond motifs is 1. The second-order valence-electron chi connectivity index (χ2n) is 7.54. The van der Waals surface area contributed by atoms with Crippen molar-refractivity contribution in [2.24, 2.45) is 5.92 Å². The largest absolute Gasteiger partial charge is 0.393 e. The molecule has 0 radical (unpaired) electrons. The van der Waals surface area contributed by atoms with Crippen molar-refractivity contribution >= 4 is 28.9 Å². The molecule has 1 saturated heterocycles. The van der Waals surface area contributed by atoms with Crippen LogP contribution in [0.3, 0.4) is 0 Å². The topological polar surface area (TPSA) is 52.6 Å². The number of anilines is 2. The van der Waals surface area contributed by atoms with Crippen molar-refractivity contribution < 1.29 is 9.90 Å². The smallest absolute Gasteiger partial charge is 0.227 e. The number of para-hydroxylation sites is 1. The van der Waals surface area contributed by atoms with Crippen LogP contribution in [0.25, 0.3) is 0 Å². The van der Waals surface area contributed by atoms with E-state index in [0.717, 1.165) is 60.7 Å². The Morgan fingerprint density at radius 1 is 1.07 bits per heavy atom. The Hall–Kier alpha value is -2.04. The first-order valence-electron chi connectivity index (χ1n) is 9.71. The predicted molar refractivity (Wildman–Crippen MR) is 109 cm³/mol. The van der Waals surface area contributed by atoms with Gasteiger partial charge in [0.1, 0.15) is 0 Å². The number of carbonyl (C=O) groups is 1. The van der Waals surface area contributed by atoms with Crippen molar-refractivity contribution in [2.75, 3.05) is 23.3 Å². The minimum absolute atomic E-state index is 0.00751. The maximum Gasteiger partial charge on any atom is 0.227 e. The molecule has 27 heavy (non-hydrogen) atoms. The van der Waals surface area contributed by atoms with Gasteiger partial charge in [0.05, 0.1) is 16.8 Å². The number of hydrogen-bond donors (Lipinski definition) is 2. The molecule has 0 aromatic heterocycles. The molecule has 1 unspecified atom stereocenters. The molecule has 5 heteroatoms. The summed E-state index contributed by atoms with van der Waals surface area (Å²) < 4.78 is 0. The lowest BCUT2D eigenvalue weighted by Crippen LogP contribution is -2.38. The Balaban J connectivity index is 1.40. The highest BCUT2D eigenvalue weighted by Gasteiger charge is 2.27. The summed E-state index contributed by atoms with van der Waals surface area (Å²) in [4.78, 5) is 15.1. The second-order valence-corrected chi connectivity index (χ2v) is 7.95. The van der Waals surface area contributed by atoms with E-state index in [2.05, 4.69) is 16.3 Å². The molecule has 4 rings (SSSR count). The van der Waals surface area contributed by atoms with Gasteiger partial charge in [0.15, 0.2) is 0 Å². The van der Waals surface area contributed by atoms with Gasteiger partial charge in [-0.05, 0) is 55.0 Å². The summed E-state index contributed by atoms with van der Waals surface area (Å²) in [5.41, 5.74) is 4.25. The number of hydrogen-bond acceptors (Lipinski definition) is 3. The van der Waals surface area contributed by atoms with Crippen LogP contribution in [0.1, 0.15) is 30.4 Å². The Morgan fingerprint density at radius 3 is 2.63 bits per heavy atom. The zero-order valence-corrected chi connectivity index (χ0v) is 16.1. The fraction of sp³-hybridized carbons (Fsp3) is 0.409. The minimum atomic E-state index is -0.311. The van der Waals surface area contributed by atoms with Gasteiger partial charge < -0.3 is 15.3 Å². The normalized spacial score (nSPS) is 20.2. The number of halogens is 1. The molecule has 2 aliphatic rings. The summed E-state index contributed by atoms with van der Waals surface area (Å²) in [5.74, 6) is 0.0929. The molecule has 1 aliphatic carbocycles. The van der Waals surface area contributed by atoms with Crippen LogP contribution in [-0.4, -0.2) is 30.2 Å². The van der Waals surface area contributed by atoms with Gasteiger partial charge in [0.25, 0.3) is 0 Å². The van der Waals surface area contributed by atoms with Gasteiger partial charge in [0, 0.05) is 31.1 Å². The summed E-state index contributed by atoms with van der Waals surface area (Å²) in [7, 11) is 0. The van der Waals surface area contributed by atoms with Crippen molar-refractivity contribution in [3.05, 3.63) is 58.6 Å². The molecule has 0 bridgehead atoms. The molecule has 2 N–H and O–H groups in total. The third kappa shape index (κ3) is 3.97. The van der Waals surface area contributed by atoms with Gasteiger partial charge in [-0.25, -0.2) is 0 Å². The molecule has 2 aromatic rings. The van der Waals surface area contributed by atoms with Gasteiger partial charge in [-0.1, -0.05) is 35.9 Å². The predicted octanol–water partition coefficient (Wildman–Crippen LogP) is 4.04. The minimum Gasteiger partial charge on any atom is -0.393 e.